The van der Waals surface area contributed by atoms with Crippen molar-refractivity contribution in [2.75, 3.05) is 0 Å². The van der Waals surface area contributed by atoms with E-state index in [1.54, 1.807) is 42.5 Å². The van der Waals surface area contributed by atoms with E-state index in [9.17, 15) is 9.90 Å². The molecule has 0 amide bonds. The maximum atomic E-state index is 11.8. The summed E-state index contributed by atoms with van der Waals surface area (Å²) in [6.07, 6.45) is 1.69. The van der Waals surface area contributed by atoms with Gasteiger partial charge in [-0.15, -0.1) is 0 Å². The van der Waals surface area contributed by atoms with E-state index < -0.39 is 5.97 Å². The maximum Gasteiger partial charge on any atom is 0.343 e. The molecular weight excluding hydrogens is 228 g/mol. The standard InChI is InChI=1S/C15H12O3/c1-2-11-7-9-12(10-8-11)15(17)18-14-6-4-3-5-13(14)16/h2-10,16H,1H2. The van der Waals surface area contributed by atoms with E-state index in [2.05, 4.69) is 6.58 Å². The zero-order chi connectivity index (χ0) is 13.0. The van der Waals surface area contributed by atoms with Gasteiger partial charge in [0.1, 0.15) is 0 Å². The van der Waals surface area contributed by atoms with Crippen molar-refractivity contribution in [1.29, 1.82) is 0 Å². The largest absolute Gasteiger partial charge is 0.504 e. The molecule has 3 nitrogen and oxygen atoms in total. The second-order valence-electron chi connectivity index (χ2n) is 3.68. The van der Waals surface area contributed by atoms with Crippen molar-refractivity contribution < 1.29 is 14.6 Å². The summed E-state index contributed by atoms with van der Waals surface area (Å²) < 4.78 is 5.09. The Morgan fingerprint density at radius 1 is 1.11 bits per heavy atom. The maximum absolute atomic E-state index is 11.8. The van der Waals surface area contributed by atoms with E-state index in [-0.39, 0.29) is 11.5 Å². The molecule has 2 aromatic carbocycles. The van der Waals surface area contributed by atoms with Gasteiger partial charge < -0.3 is 9.84 Å². The van der Waals surface area contributed by atoms with Crippen LogP contribution in [0.2, 0.25) is 0 Å². The molecule has 0 bridgehead atoms. The third-order valence-corrected chi connectivity index (χ3v) is 2.45. The summed E-state index contributed by atoms with van der Waals surface area (Å²) in [4.78, 5) is 11.8. The van der Waals surface area contributed by atoms with Gasteiger partial charge in [0, 0.05) is 0 Å². The van der Waals surface area contributed by atoms with Crippen molar-refractivity contribution in [3.8, 4) is 11.5 Å². The zero-order valence-electron chi connectivity index (χ0n) is 9.67. The highest BCUT2D eigenvalue weighted by molar-refractivity contribution is 5.91. The SMILES string of the molecule is C=Cc1ccc(C(=O)Oc2ccccc2O)cc1. The lowest BCUT2D eigenvalue weighted by atomic mass is 10.1. The Morgan fingerprint density at radius 3 is 2.39 bits per heavy atom. The fourth-order valence-corrected chi connectivity index (χ4v) is 1.46. The van der Waals surface area contributed by atoms with Crippen LogP contribution in [0.4, 0.5) is 0 Å². The van der Waals surface area contributed by atoms with E-state index in [0.29, 0.717) is 5.56 Å². The first kappa shape index (κ1) is 11.9. The van der Waals surface area contributed by atoms with Gasteiger partial charge in [-0.05, 0) is 29.8 Å². The number of phenolic OH excluding ortho intramolecular Hbond substituents is 1. The van der Waals surface area contributed by atoms with Crippen LogP contribution in [-0.2, 0) is 0 Å². The normalized spacial score (nSPS) is 9.78. The number of ether oxygens (including phenoxy) is 1. The molecule has 0 unspecified atom stereocenters. The van der Waals surface area contributed by atoms with Crippen molar-refractivity contribution in [3.05, 3.63) is 66.2 Å². The van der Waals surface area contributed by atoms with Crippen LogP contribution in [0.5, 0.6) is 11.5 Å². The molecule has 0 saturated carbocycles. The summed E-state index contributed by atoms with van der Waals surface area (Å²) in [5, 5.41) is 9.50. The van der Waals surface area contributed by atoms with Gasteiger partial charge in [0.25, 0.3) is 0 Å². The van der Waals surface area contributed by atoms with Crippen LogP contribution in [0.1, 0.15) is 15.9 Å². The Bertz CT molecular complexity index is 571. The molecule has 0 aromatic heterocycles. The van der Waals surface area contributed by atoms with E-state index in [4.69, 9.17) is 4.74 Å². The Kier molecular flexibility index (Phi) is 3.44. The molecule has 0 saturated heterocycles. The van der Waals surface area contributed by atoms with E-state index in [0.717, 1.165) is 5.56 Å². The molecule has 3 heteroatoms. The third-order valence-electron chi connectivity index (χ3n) is 2.45. The highest BCUT2D eigenvalue weighted by Gasteiger charge is 2.10. The number of rotatable bonds is 3. The number of hydrogen-bond acceptors (Lipinski definition) is 3. The molecule has 90 valence electrons. The third kappa shape index (κ3) is 2.58. The second-order valence-corrected chi connectivity index (χ2v) is 3.68. The topological polar surface area (TPSA) is 46.5 Å². The molecule has 0 aliphatic rings. The van der Waals surface area contributed by atoms with Gasteiger partial charge in [0.2, 0.25) is 0 Å². The monoisotopic (exact) mass is 240 g/mol. The van der Waals surface area contributed by atoms with Gasteiger partial charge in [0.05, 0.1) is 5.56 Å². The predicted molar refractivity (Wildman–Crippen MR) is 69.6 cm³/mol. The molecule has 0 atom stereocenters. The average Bonchev–Trinajstić information content (AvgIpc) is 2.41. The number of para-hydroxylation sites is 2. The van der Waals surface area contributed by atoms with Gasteiger partial charge >= 0.3 is 5.97 Å². The molecule has 0 aliphatic heterocycles. The highest BCUT2D eigenvalue weighted by Crippen LogP contribution is 2.25. The summed E-state index contributed by atoms with van der Waals surface area (Å²) in [6.45, 7) is 3.64. The van der Waals surface area contributed by atoms with Crippen molar-refractivity contribution >= 4 is 12.0 Å². The Labute approximate surface area is 105 Å². The van der Waals surface area contributed by atoms with Crippen molar-refractivity contribution in [2.24, 2.45) is 0 Å². The van der Waals surface area contributed by atoms with Crippen molar-refractivity contribution in [1.82, 2.24) is 0 Å². The quantitative estimate of drug-likeness (QED) is 0.661. The smallest absolute Gasteiger partial charge is 0.343 e. The minimum Gasteiger partial charge on any atom is -0.504 e. The van der Waals surface area contributed by atoms with Crippen molar-refractivity contribution in [3.63, 3.8) is 0 Å². The van der Waals surface area contributed by atoms with Gasteiger partial charge in [-0.2, -0.15) is 0 Å². The van der Waals surface area contributed by atoms with Gasteiger partial charge in [-0.25, -0.2) is 4.79 Å². The number of aromatic hydroxyl groups is 1. The molecule has 0 heterocycles. The van der Waals surface area contributed by atoms with Gasteiger partial charge in [-0.1, -0.05) is 36.9 Å². The first-order valence-corrected chi connectivity index (χ1v) is 5.43. The first-order valence-electron chi connectivity index (χ1n) is 5.43. The zero-order valence-corrected chi connectivity index (χ0v) is 9.67. The summed E-state index contributed by atoms with van der Waals surface area (Å²) in [5.74, 6) is -0.420. The first-order chi connectivity index (χ1) is 8.70. The van der Waals surface area contributed by atoms with E-state index in [1.807, 2.05) is 0 Å². The lowest BCUT2D eigenvalue weighted by Gasteiger charge is -2.06. The van der Waals surface area contributed by atoms with Crippen LogP contribution in [0.25, 0.3) is 6.08 Å². The Balaban J connectivity index is 2.17. The molecule has 2 aromatic rings. The Hall–Kier alpha value is -2.55. The minimum absolute atomic E-state index is 0.0615. The van der Waals surface area contributed by atoms with E-state index in [1.165, 1.54) is 12.1 Å². The predicted octanol–water partition coefficient (Wildman–Crippen LogP) is 3.25. The molecule has 0 spiro atoms. The van der Waals surface area contributed by atoms with Crippen LogP contribution in [0, 0.1) is 0 Å². The molecule has 0 radical (unpaired) electrons. The van der Waals surface area contributed by atoms with E-state index >= 15 is 0 Å². The molecule has 18 heavy (non-hydrogen) atoms. The molecule has 0 aliphatic carbocycles. The summed E-state index contributed by atoms with van der Waals surface area (Å²) in [6, 6.07) is 13.2. The number of hydrogen-bond donors (Lipinski definition) is 1. The number of esters is 1. The molecular formula is C15H12O3. The molecule has 2 rings (SSSR count). The number of carbonyl (C=O) groups is 1. The average molecular weight is 240 g/mol. The number of benzene rings is 2. The van der Waals surface area contributed by atoms with Crippen LogP contribution < -0.4 is 4.74 Å². The Morgan fingerprint density at radius 2 is 1.78 bits per heavy atom. The summed E-state index contributed by atoms with van der Waals surface area (Å²) >= 11 is 0. The number of phenols is 1. The lowest BCUT2D eigenvalue weighted by molar-refractivity contribution is 0.0729. The second kappa shape index (κ2) is 5.19. The number of carbonyl (C=O) groups excluding carboxylic acids is 1. The summed E-state index contributed by atoms with van der Waals surface area (Å²) in [7, 11) is 0. The minimum atomic E-state index is -0.507. The van der Waals surface area contributed by atoms with Gasteiger partial charge in [-0.3, -0.25) is 0 Å². The lowest BCUT2D eigenvalue weighted by Crippen LogP contribution is -2.08. The molecule has 0 fully saturated rings. The van der Waals surface area contributed by atoms with Crippen LogP contribution in [-0.4, -0.2) is 11.1 Å². The summed E-state index contributed by atoms with van der Waals surface area (Å²) in [5.41, 5.74) is 1.35. The fourth-order valence-electron chi connectivity index (χ4n) is 1.46. The van der Waals surface area contributed by atoms with Crippen LogP contribution >= 0.6 is 0 Å². The fraction of sp³-hybridized carbons (Fsp3) is 0. The van der Waals surface area contributed by atoms with Crippen LogP contribution in [0.15, 0.2) is 55.1 Å². The van der Waals surface area contributed by atoms with Crippen molar-refractivity contribution in [2.45, 2.75) is 0 Å². The highest BCUT2D eigenvalue weighted by atomic mass is 16.5. The van der Waals surface area contributed by atoms with Gasteiger partial charge in [0.15, 0.2) is 11.5 Å². The van der Waals surface area contributed by atoms with Crippen LogP contribution in [0.3, 0.4) is 0 Å². The molecule has 1 N–H and O–H groups in total.